The third kappa shape index (κ3) is 3.28. The van der Waals surface area contributed by atoms with E-state index in [1.807, 2.05) is 0 Å². The predicted molar refractivity (Wildman–Crippen MR) is 86.9 cm³/mol. The Kier molecular flexibility index (Phi) is 4.30. The van der Waals surface area contributed by atoms with Crippen LogP contribution >= 0.6 is 11.3 Å². The second-order valence-corrected chi connectivity index (χ2v) is 5.97. The van der Waals surface area contributed by atoms with E-state index >= 15 is 0 Å². The molecular weight excluding hydrogens is 334 g/mol. The van der Waals surface area contributed by atoms with Crippen LogP contribution in [-0.2, 0) is 0 Å². The van der Waals surface area contributed by atoms with Gasteiger partial charge in [0.15, 0.2) is 5.13 Å². The number of hydrogen-bond acceptors (Lipinski definition) is 5. The number of carbonyl (C=O) groups excluding carboxylic acids is 1. The maximum Gasteiger partial charge on any atom is 0.277 e. The lowest BCUT2D eigenvalue weighted by Gasteiger charge is -2.03. The molecule has 0 bridgehead atoms. The van der Waals surface area contributed by atoms with Crippen molar-refractivity contribution in [2.75, 3.05) is 5.32 Å². The minimum atomic E-state index is -0.703. The Morgan fingerprint density at radius 1 is 1.12 bits per heavy atom. The van der Waals surface area contributed by atoms with Gasteiger partial charge in [-0.2, -0.15) is 0 Å². The predicted octanol–water partition coefficient (Wildman–Crippen LogP) is 3.75. The third-order valence-corrected chi connectivity index (χ3v) is 4.02. The normalized spacial score (nSPS) is 10.7. The number of aromatic nitrogens is 3. The van der Waals surface area contributed by atoms with Gasteiger partial charge in [0.2, 0.25) is 0 Å². The van der Waals surface area contributed by atoms with Crippen molar-refractivity contribution in [1.82, 2.24) is 15.0 Å². The standard InChI is InChI=1S/C16H12F2N4OS/c1-8-3-10(12(18)4-11(8)17)14-7-24-16(21-14)22-15(23)13-6-19-9(2)5-20-13/h3-7H,1-2H3,(H,21,22,23). The molecule has 1 amide bonds. The average molecular weight is 346 g/mol. The highest BCUT2D eigenvalue weighted by molar-refractivity contribution is 7.14. The fraction of sp³-hybridized carbons (Fsp3) is 0.125. The summed E-state index contributed by atoms with van der Waals surface area (Å²) in [6, 6.07) is 2.21. The minimum absolute atomic E-state index is 0.154. The van der Waals surface area contributed by atoms with Gasteiger partial charge in [0.1, 0.15) is 17.3 Å². The van der Waals surface area contributed by atoms with Gasteiger partial charge >= 0.3 is 0 Å². The van der Waals surface area contributed by atoms with Crippen LogP contribution < -0.4 is 5.32 Å². The number of aryl methyl sites for hydroxylation is 2. The number of nitrogens with one attached hydrogen (secondary N) is 1. The molecular formula is C16H12F2N4OS. The molecule has 0 atom stereocenters. The van der Waals surface area contributed by atoms with E-state index in [2.05, 4.69) is 20.3 Å². The zero-order valence-electron chi connectivity index (χ0n) is 12.8. The number of rotatable bonds is 3. The Bertz CT molecular complexity index is 909. The molecule has 3 aromatic rings. The number of halogens is 2. The van der Waals surface area contributed by atoms with E-state index in [1.54, 1.807) is 19.2 Å². The number of hydrogen-bond donors (Lipinski definition) is 1. The molecule has 2 aromatic heterocycles. The molecule has 3 rings (SSSR count). The number of nitrogens with zero attached hydrogens (tertiary/aromatic N) is 3. The Labute approximate surface area is 140 Å². The summed E-state index contributed by atoms with van der Waals surface area (Å²) < 4.78 is 27.3. The van der Waals surface area contributed by atoms with E-state index in [9.17, 15) is 13.6 Å². The Morgan fingerprint density at radius 3 is 2.62 bits per heavy atom. The summed E-state index contributed by atoms with van der Waals surface area (Å²) >= 11 is 1.14. The van der Waals surface area contributed by atoms with Crippen LogP contribution in [0.4, 0.5) is 13.9 Å². The molecule has 0 saturated carbocycles. The molecule has 1 aromatic carbocycles. The molecule has 24 heavy (non-hydrogen) atoms. The lowest BCUT2D eigenvalue weighted by atomic mass is 10.1. The van der Waals surface area contributed by atoms with Gasteiger partial charge in [-0.05, 0) is 25.5 Å². The van der Waals surface area contributed by atoms with Gasteiger partial charge < -0.3 is 0 Å². The summed E-state index contributed by atoms with van der Waals surface area (Å²) in [5.41, 5.74) is 1.68. The SMILES string of the molecule is Cc1cnc(C(=O)Nc2nc(-c3cc(C)c(F)cc3F)cs2)cn1. The second kappa shape index (κ2) is 6.40. The van der Waals surface area contributed by atoms with Crippen molar-refractivity contribution >= 4 is 22.4 Å². The maximum absolute atomic E-state index is 13.9. The van der Waals surface area contributed by atoms with Crippen molar-refractivity contribution in [1.29, 1.82) is 0 Å². The van der Waals surface area contributed by atoms with Crippen molar-refractivity contribution in [2.24, 2.45) is 0 Å². The summed E-state index contributed by atoms with van der Waals surface area (Å²) in [6.07, 6.45) is 2.85. The van der Waals surface area contributed by atoms with Crippen molar-refractivity contribution < 1.29 is 13.6 Å². The third-order valence-electron chi connectivity index (χ3n) is 3.26. The van der Waals surface area contributed by atoms with Crippen LogP contribution in [0.15, 0.2) is 29.9 Å². The zero-order chi connectivity index (χ0) is 17.3. The van der Waals surface area contributed by atoms with E-state index in [1.165, 1.54) is 18.5 Å². The number of anilines is 1. The van der Waals surface area contributed by atoms with Crippen molar-refractivity contribution in [2.45, 2.75) is 13.8 Å². The molecule has 8 heteroatoms. The van der Waals surface area contributed by atoms with Gasteiger partial charge in [0.05, 0.1) is 17.6 Å². The first-order valence-corrected chi connectivity index (χ1v) is 7.83. The first-order chi connectivity index (χ1) is 11.4. The van der Waals surface area contributed by atoms with Gasteiger partial charge in [0.25, 0.3) is 5.91 Å². The van der Waals surface area contributed by atoms with Crippen LogP contribution in [0, 0.1) is 25.5 Å². The molecule has 0 aliphatic rings. The largest absolute Gasteiger partial charge is 0.296 e. The fourth-order valence-electron chi connectivity index (χ4n) is 1.98. The molecule has 2 heterocycles. The monoisotopic (exact) mass is 346 g/mol. The van der Waals surface area contributed by atoms with E-state index in [4.69, 9.17) is 0 Å². The van der Waals surface area contributed by atoms with Gasteiger partial charge in [-0.15, -0.1) is 11.3 Å². The molecule has 5 nitrogen and oxygen atoms in total. The Hall–Kier alpha value is -2.74. The molecule has 0 radical (unpaired) electrons. The average Bonchev–Trinajstić information content (AvgIpc) is 2.99. The quantitative estimate of drug-likeness (QED) is 0.784. The van der Waals surface area contributed by atoms with Crippen LogP contribution in [0.2, 0.25) is 0 Å². The van der Waals surface area contributed by atoms with E-state index < -0.39 is 17.5 Å². The van der Waals surface area contributed by atoms with Crippen LogP contribution in [0.5, 0.6) is 0 Å². The lowest BCUT2D eigenvalue weighted by Crippen LogP contribution is -2.14. The maximum atomic E-state index is 13.9. The van der Waals surface area contributed by atoms with Crippen molar-refractivity contribution in [3.8, 4) is 11.3 Å². The Morgan fingerprint density at radius 2 is 1.92 bits per heavy atom. The molecule has 122 valence electrons. The van der Waals surface area contributed by atoms with Crippen LogP contribution in [0.25, 0.3) is 11.3 Å². The minimum Gasteiger partial charge on any atom is -0.296 e. The molecule has 0 spiro atoms. The van der Waals surface area contributed by atoms with Gasteiger partial charge in [-0.25, -0.2) is 18.7 Å². The van der Waals surface area contributed by atoms with Gasteiger partial charge in [-0.3, -0.25) is 15.1 Å². The fourth-order valence-corrected chi connectivity index (χ4v) is 2.68. The number of benzene rings is 1. The highest BCUT2D eigenvalue weighted by Gasteiger charge is 2.15. The van der Waals surface area contributed by atoms with Crippen LogP contribution in [0.1, 0.15) is 21.7 Å². The summed E-state index contributed by atoms with van der Waals surface area (Å²) in [5, 5.41) is 4.46. The molecule has 1 N–H and O–H groups in total. The summed E-state index contributed by atoms with van der Waals surface area (Å²) in [4.78, 5) is 24.2. The molecule has 0 fully saturated rings. The van der Waals surface area contributed by atoms with Crippen molar-refractivity contribution in [3.63, 3.8) is 0 Å². The first-order valence-electron chi connectivity index (χ1n) is 6.95. The summed E-state index contributed by atoms with van der Waals surface area (Å²) in [7, 11) is 0. The van der Waals surface area contributed by atoms with Crippen LogP contribution in [0.3, 0.4) is 0 Å². The number of amides is 1. The number of carbonyl (C=O) groups is 1. The Balaban J connectivity index is 1.82. The topological polar surface area (TPSA) is 67.8 Å². The molecule has 0 aliphatic carbocycles. The molecule has 0 saturated heterocycles. The molecule has 0 aliphatic heterocycles. The van der Waals surface area contributed by atoms with E-state index in [0.29, 0.717) is 22.1 Å². The number of thiazole rings is 1. The zero-order valence-corrected chi connectivity index (χ0v) is 13.6. The summed E-state index contributed by atoms with van der Waals surface area (Å²) in [6.45, 7) is 3.31. The van der Waals surface area contributed by atoms with E-state index in [-0.39, 0.29) is 11.3 Å². The second-order valence-electron chi connectivity index (χ2n) is 5.12. The smallest absolute Gasteiger partial charge is 0.277 e. The highest BCUT2D eigenvalue weighted by atomic mass is 32.1. The lowest BCUT2D eigenvalue weighted by molar-refractivity contribution is 0.102. The summed E-state index contributed by atoms with van der Waals surface area (Å²) in [5.74, 6) is -1.78. The van der Waals surface area contributed by atoms with Gasteiger partial charge in [0, 0.05) is 23.2 Å². The first kappa shape index (κ1) is 16.1. The van der Waals surface area contributed by atoms with E-state index in [0.717, 1.165) is 17.4 Å². The molecule has 0 unspecified atom stereocenters. The van der Waals surface area contributed by atoms with Gasteiger partial charge in [-0.1, -0.05) is 0 Å². The van der Waals surface area contributed by atoms with Crippen molar-refractivity contribution in [3.05, 3.63) is 58.5 Å². The van der Waals surface area contributed by atoms with Crippen LogP contribution in [-0.4, -0.2) is 20.9 Å². The highest BCUT2D eigenvalue weighted by Crippen LogP contribution is 2.28.